The van der Waals surface area contributed by atoms with Gasteiger partial charge in [-0.3, -0.25) is 4.31 Å². The Morgan fingerprint density at radius 2 is 1.78 bits per heavy atom. The Hall–Kier alpha value is -2.07. The number of nitrogens with zero attached hydrogens (tertiary/aromatic N) is 1. The molecule has 0 saturated heterocycles. The van der Waals surface area contributed by atoms with E-state index in [4.69, 9.17) is 0 Å². The van der Waals surface area contributed by atoms with Crippen LogP contribution in [0.2, 0.25) is 0 Å². The number of anilines is 1. The van der Waals surface area contributed by atoms with E-state index in [-0.39, 0.29) is 5.92 Å². The smallest absolute Gasteiger partial charge is 0.264 e. The van der Waals surface area contributed by atoms with Crippen LogP contribution in [-0.4, -0.2) is 15.0 Å². The van der Waals surface area contributed by atoms with Crippen LogP contribution in [0.5, 0.6) is 0 Å². The Morgan fingerprint density at radius 3 is 2.43 bits per heavy atom. The summed E-state index contributed by atoms with van der Waals surface area (Å²) in [4.78, 5) is 0.334. The second kappa shape index (κ2) is 5.85. The van der Waals surface area contributed by atoms with Gasteiger partial charge in [0.1, 0.15) is 0 Å². The average molecular weight is 327 g/mol. The van der Waals surface area contributed by atoms with Crippen LogP contribution < -0.4 is 4.31 Å². The zero-order chi connectivity index (χ0) is 16.6. The van der Waals surface area contributed by atoms with Crippen LogP contribution in [0.1, 0.15) is 24.5 Å². The first-order valence-corrected chi connectivity index (χ1v) is 9.26. The Bertz CT molecular complexity index is 838. The number of hydrogen-bond donors (Lipinski definition) is 0. The topological polar surface area (TPSA) is 37.4 Å². The molecular formula is C19H21NO2S. The molecule has 0 N–H and O–H groups in total. The molecule has 0 unspecified atom stereocenters. The predicted octanol–water partition coefficient (Wildman–Crippen LogP) is 4.24. The number of para-hydroxylation sites is 1. The van der Waals surface area contributed by atoms with E-state index in [1.54, 1.807) is 12.1 Å². The number of rotatable bonds is 3. The first-order valence-electron chi connectivity index (χ1n) is 7.82. The Labute approximate surface area is 138 Å². The first kappa shape index (κ1) is 15.8. The van der Waals surface area contributed by atoms with E-state index >= 15 is 0 Å². The van der Waals surface area contributed by atoms with Crippen molar-refractivity contribution in [2.75, 3.05) is 10.8 Å². The molecule has 3 nitrogen and oxygen atoms in total. The van der Waals surface area contributed by atoms with E-state index in [1.807, 2.05) is 43.3 Å². The molecule has 0 spiro atoms. The quantitative estimate of drug-likeness (QED) is 0.845. The van der Waals surface area contributed by atoms with Crippen LogP contribution in [-0.2, 0) is 10.0 Å². The van der Waals surface area contributed by atoms with Crippen molar-refractivity contribution in [1.29, 1.82) is 0 Å². The van der Waals surface area contributed by atoms with Gasteiger partial charge >= 0.3 is 0 Å². The minimum absolute atomic E-state index is 0.144. The lowest BCUT2D eigenvalue weighted by atomic mass is 9.87. The van der Waals surface area contributed by atoms with Gasteiger partial charge in [0.05, 0.1) is 10.6 Å². The molecule has 0 saturated carbocycles. The molecule has 1 heterocycles. The maximum absolute atomic E-state index is 13.1. The summed E-state index contributed by atoms with van der Waals surface area (Å²) in [6.45, 7) is 8.65. The van der Waals surface area contributed by atoms with Crippen molar-refractivity contribution in [3.05, 3.63) is 66.2 Å². The van der Waals surface area contributed by atoms with Crippen molar-refractivity contribution in [3.8, 4) is 0 Å². The summed E-state index contributed by atoms with van der Waals surface area (Å²) in [6, 6.07) is 14.6. The maximum atomic E-state index is 13.1. The zero-order valence-electron chi connectivity index (χ0n) is 13.5. The van der Waals surface area contributed by atoms with Gasteiger partial charge in [-0.05, 0) is 37.1 Å². The molecule has 120 valence electrons. The number of fused-ring (bicyclic) bond motifs is 1. The fourth-order valence-corrected chi connectivity index (χ4v) is 4.56. The minimum Gasteiger partial charge on any atom is -0.265 e. The van der Waals surface area contributed by atoms with Gasteiger partial charge < -0.3 is 0 Å². The van der Waals surface area contributed by atoms with Gasteiger partial charge in [0.25, 0.3) is 10.0 Å². The van der Waals surface area contributed by atoms with Crippen molar-refractivity contribution in [1.82, 2.24) is 0 Å². The SMILES string of the molecule is C=C1c2ccccc2N(S(=O)(=O)c2ccc(C)cc2)C[C@H]1CC. The summed E-state index contributed by atoms with van der Waals surface area (Å²) in [5, 5.41) is 0. The highest BCUT2D eigenvalue weighted by molar-refractivity contribution is 7.92. The van der Waals surface area contributed by atoms with Crippen LogP contribution in [0.25, 0.3) is 5.57 Å². The molecule has 1 atom stereocenters. The third kappa shape index (κ3) is 2.68. The second-order valence-corrected chi connectivity index (χ2v) is 7.86. The molecule has 0 fully saturated rings. The molecule has 0 aliphatic carbocycles. The van der Waals surface area contributed by atoms with Crippen LogP contribution >= 0.6 is 0 Å². The molecule has 0 aromatic heterocycles. The van der Waals surface area contributed by atoms with E-state index in [0.29, 0.717) is 11.4 Å². The van der Waals surface area contributed by atoms with E-state index in [9.17, 15) is 8.42 Å². The number of aryl methyl sites for hydroxylation is 1. The van der Waals surface area contributed by atoms with Crippen molar-refractivity contribution in [3.63, 3.8) is 0 Å². The molecule has 1 aliphatic rings. The number of benzene rings is 2. The van der Waals surface area contributed by atoms with Crippen molar-refractivity contribution >= 4 is 21.3 Å². The first-order chi connectivity index (χ1) is 10.9. The van der Waals surface area contributed by atoms with Crippen LogP contribution in [0, 0.1) is 12.8 Å². The molecule has 0 bridgehead atoms. The standard InChI is InChI=1S/C19H21NO2S/c1-4-16-13-20(19-8-6-5-7-18(19)15(16)3)23(21,22)17-11-9-14(2)10-12-17/h5-12,16H,3-4,13H2,1-2H3/t16-/m1/s1. The van der Waals surface area contributed by atoms with Crippen LogP contribution in [0.3, 0.4) is 0 Å². The largest absolute Gasteiger partial charge is 0.265 e. The van der Waals surface area contributed by atoms with Gasteiger partial charge in [-0.1, -0.05) is 49.4 Å². The fourth-order valence-electron chi connectivity index (χ4n) is 3.03. The van der Waals surface area contributed by atoms with Gasteiger partial charge in [0.15, 0.2) is 0 Å². The zero-order valence-corrected chi connectivity index (χ0v) is 14.3. The number of sulfonamides is 1. The minimum atomic E-state index is -3.57. The highest BCUT2D eigenvalue weighted by Crippen LogP contribution is 2.40. The van der Waals surface area contributed by atoms with Gasteiger partial charge in [0.2, 0.25) is 0 Å². The summed E-state index contributed by atoms with van der Waals surface area (Å²) in [6.07, 6.45) is 0.868. The molecule has 23 heavy (non-hydrogen) atoms. The molecule has 4 heteroatoms. The molecule has 1 aliphatic heterocycles. The van der Waals surface area contributed by atoms with Gasteiger partial charge in [0, 0.05) is 18.0 Å². The summed E-state index contributed by atoms with van der Waals surface area (Å²) < 4.78 is 27.8. The molecule has 2 aromatic carbocycles. The van der Waals surface area contributed by atoms with Crippen LogP contribution in [0.4, 0.5) is 5.69 Å². The lowest BCUT2D eigenvalue weighted by molar-refractivity contribution is 0.575. The van der Waals surface area contributed by atoms with E-state index in [2.05, 4.69) is 13.5 Å². The summed E-state index contributed by atoms with van der Waals surface area (Å²) >= 11 is 0. The average Bonchev–Trinajstić information content (AvgIpc) is 2.55. The summed E-state index contributed by atoms with van der Waals surface area (Å²) in [5.41, 5.74) is 3.73. The highest BCUT2D eigenvalue weighted by Gasteiger charge is 2.34. The third-order valence-corrected chi connectivity index (χ3v) is 6.29. The molecular weight excluding hydrogens is 306 g/mol. The van der Waals surface area contributed by atoms with E-state index in [0.717, 1.165) is 28.8 Å². The summed E-state index contributed by atoms with van der Waals surface area (Å²) in [5.74, 6) is 0.144. The van der Waals surface area contributed by atoms with Crippen LogP contribution in [0.15, 0.2) is 60.0 Å². The monoisotopic (exact) mass is 327 g/mol. The number of hydrogen-bond acceptors (Lipinski definition) is 2. The summed E-state index contributed by atoms with van der Waals surface area (Å²) in [7, 11) is -3.57. The fraction of sp³-hybridized carbons (Fsp3) is 0.263. The third-order valence-electron chi connectivity index (χ3n) is 4.50. The normalized spacial score (nSPS) is 17.9. The molecule has 0 amide bonds. The van der Waals surface area contributed by atoms with Gasteiger partial charge in [-0.25, -0.2) is 8.42 Å². The lowest BCUT2D eigenvalue weighted by Crippen LogP contribution is -2.39. The highest BCUT2D eigenvalue weighted by atomic mass is 32.2. The lowest BCUT2D eigenvalue weighted by Gasteiger charge is -2.36. The predicted molar refractivity (Wildman–Crippen MR) is 95.0 cm³/mol. The Balaban J connectivity index is 2.13. The van der Waals surface area contributed by atoms with Gasteiger partial charge in [-0.2, -0.15) is 0 Å². The Kier molecular flexibility index (Phi) is 4.02. The van der Waals surface area contributed by atoms with Crippen molar-refractivity contribution in [2.45, 2.75) is 25.2 Å². The maximum Gasteiger partial charge on any atom is 0.264 e. The van der Waals surface area contributed by atoms with E-state index < -0.39 is 10.0 Å². The van der Waals surface area contributed by atoms with Crippen molar-refractivity contribution in [2.24, 2.45) is 5.92 Å². The van der Waals surface area contributed by atoms with Gasteiger partial charge in [-0.15, -0.1) is 0 Å². The molecule has 3 rings (SSSR count). The second-order valence-electron chi connectivity index (χ2n) is 6.00. The van der Waals surface area contributed by atoms with E-state index in [1.165, 1.54) is 4.31 Å². The Morgan fingerprint density at radius 1 is 1.13 bits per heavy atom. The molecule has 2 aromatic rings. The van der Waals surface area contributed by atoms with Crippen molar-refractivity contribution < 1.29 is 8.42 Å². The molecule has 0 radical (unpaired) electrons.